The molecule has 0 radical (unpaired) electrons. The fourth-order valence-corrected chi connectivity index (χ4v) is 5.49. The van der Waals surface area contributed by atoms with Gasteiger partial charge in [-0.1, -0.05) is 60.7 Å². The summed E-state index contributed by atoms with van der Waals surface area (Å²) in [7, 11) is 0. The number of fused-ring (bicyclic) bond motifs is 1. The van der Waals surface area contributed by atoms with E-state index in [0.717, 1.165) is 16.0 Å². The van der Waals surface area contributed by atoms with Crippen molar-refractivity contribution >= 4 is 30.1 Å². The van der Waals surface area contributed by atoms with Gasteiger partial charge in [0.1, 0.15) is 12.1 Å². The van der Waals surface area contributed by atoms with Crippen LogP contribution in [0.1, 0.15) is 31.7 Å². The number of primary amides is 1. The highest BCUT2D eigenvalue weighted by Gasteiger charge is 2.49. The Bertz CT molecular complexity index is 1390. The fraction of sp³-hybridized carbons (Fsp3) is 0.433. The highest BCUT2D eigenvalue weighted by atomic mass is 19.4. The van der Waals surface area contributed by atoms with Gasteiger partial charge in [0.15, 0.2) is 0 Å². The van der Waals surface area contributed by atoms with Crippen molar-refractivity contribution in [2.75, 3.05) is 13.1 Å². The lowest BCUT2D eigenvalue weighted by molar-refractivity contribution is -0.182. The molecule has 0 aliphatic carbocycles. The third-order valence-corrected chi connectivity index (χ3v) is 7.77. The van der Waals surface area contributed by atoms with Gasteiger partial charge in [0.05, 0.1) is 18.6 Å². The van der Waals surface area contributed by atoms with E-state index in [1.165, 1.54) is 9.80 Å². The van der Waals surface area contributed by atoms with Crippen LogP contribution in [-0.2, 0) is 16.0 Å². The van der Waals surface area contributed by atoms with E-state index in [9.17, 15) is 32.7 Å². The van der Waals surface area contributed by atoms with Crippen LogP contribution < -0.4 is 26.8 Å². The second-order valence-electron chi connectivity index (χ2n) is 10.8. The van der Waals surface area contributed by atoms with Crippen LogP contribution in [0.15, 0.2) is 54.6 Å². The first kappa shape index (κ1) is 31.0. The Kier molecular flexibility index (Phi) is 9.89. The summed E-state index contributed by atoms with van der Waals surface area (Å²) in [5.41, 5.74) is 6.12. The fourth-order valence-electron chi connectivity index (χ4n) is 5.49. The summed E-state index contributed by atoms with van der Waals surface area (Å²) >= 11 is 0. The molecular formula is C30H36F3N5O4. The smallest absolute Gasteiger partial charge is 0.390 e. The minimum Gasteiger partial charge on any atom is -0.390 e. The third-order valence-electron chi connectivity index (χ3n) is 7.77. The van der Waals surface area contributed by atoms with E-state index in [1.54, 1.807) is 43.5 Å². The van der Waals surface area contributed by atoms with E-state index in [0.29, 0.717) is 6.42 Å². The second kappa shape index (κ2) is 13.4. The van der Waals surface area contributed by atoms with Crippen molar-refractivity contribution in [3.05, 3.63) is 70.6 Å². The number of nitrogens with zero attached hydrogens (tertiary/aromatic N) is 2. The molecule has 12 heteroatoms. The first-order valence-corrected chi connectivity index (χ1v) is 13.9. The van der Waals surface area contributed by atoms with E-state index in [2.05, 4.69) is 10.6 Å². The number of carbonyl (C=O) groups excluding carboxylic acids is 3. The average molecular weight is 588 g/mol. The lowest BCUT2D eigenvalue weighted by Gasteiger charge is -2.34. The summed E-state index contributed by atoms with van der Waals surface area (Å²) in [6.07, 6.45) is -2.52. The number of benzene rings is 2. The molecule has 42 heavy (non-hydrogen) atoms. The van der Waals surface area contributed by atoms with E-state index >= 15 is 0 Å². The highest BCUT2D eigenvalue weighted by molar-refractivity contribution is 5.92. The van der Waals surface area contributed by atoms with Crippen LogP contribution in [0.5, 0.6) is 0 Å². The second-order valence-corrected chi connectivity index (χ2v) is 10.8. The summed E-state index contributed by atoms with van der Waals surface area (Å²) in [6, 6.07) is 11.2. The number of carbonyl (C=O) groups is 3. The summed E-state index contributed by atoms with van der Waals surface area (Å²) in [5.74, 6) is -1.63. The molecule has 0 unspecified atom stereocenters. The number of β-amino-alcohol motifs (C(OH)–C–C–N with tert-alkyl or cyclic N) is 1. The Hall–Kier alpha value is -3.90. The van der Waals surface area contributed by atoms with Crippen molar-refractivity contribution in [1.29, 1.82) is 0 Å². The lowest BCUT2D eigenvalue weighted by Crippen LogP contribution is -2.58. The minimum absolute atomic E-state index is 0.0742. The molecule has 2 heterocycles. The summed E-state index contributed by atoms with van der Waals surface area (Å²) < 4.78 is 41.1. The Balaban J connectivity index is 1.51. The summed E-state index contributed by atoms with van der Waals surface area (Å²) in [4.78, 5) is 40.9. The molecule has 4 rings (SSSR count). The average Bonchev–Trinajstić information content (AvgIpc) is 3.32. The number of nitrogens with two attached hydrogens (primary N) is 1. The molecule has 0 bridgehead atoms. The maximum absolute atomic E-state index is 13.7. The van der Waals surface area contributed by atoms with E-state index in [-0.39, 0.29) is 25.9 Å². The van der Waals surface area contributed by atoms with Gasteiger partial charge in [0.25, 0.3) is 0 Å². The number of hydrogen-bond donors (Lipinski definition) is 4. The van der Waals surface area contributed by atoms with Gasteiger partial charge >= 0.3 is 12.2 Å². The van der Waals surface area contributed by atoms with Gasteiger partial charge in [0.2, 0.25) is 11.8 Å². The van der Waals surface area contributed by atoms with E-state index < -0.39 is 60.7 Å². The van der Waals surface area contributed by atoms with Gasteiger partial charge in [0, 0.05) is 25.3 Å². The molecule has 5 N–H and O–H groups in total. The molecule has 2 aliphatic heterocycles. The van der Waals surface area contributed by atoms with Gasteiger partial charge in [-0.2, -0.15) is 13.2 Å². The van der Waals surface area contributed by atoms with E-state index in [1.807, 2.05) is 30.3 Å². The minimum atomic E-state index is -4.46. The summed E-state index contributed by atoms with van der Waals surface area (Å²) in [5, 5.41) is 18.2. The molecule has 1 saturated heterocycles. The molecule has 5 atom stereocenters. The van der Waals surface area contributed by atoms with Crippen LogP contribution in [-0.4, -0.2) is 82.3 Å². The number of likely N-dealkylation sites (tertiary alicyclic amines) is 1. The van der Waals surface area contributed by atoms with Crippen LogP contribution in [0, 0.1) is 0 Å². The molecule has 9 nitrogen and oxygen atoms in total. The maximum atomic E-state index is 13.7. The van der Waals surface area contributed by atoms with Gasteiger partial charge in [-0.15, -0.1) is 0 Å². The normalized spacial score (nSPS) is 20.8. The van der Waals surface area contributed by atoms with Crippen molar-refractivity contribution in [1.82, 2.24) is 20.4 Å². The van der Waals surface area contributed by atoms with Crippen LogP contribution in [0.2, 0.25) is 0 Å². The predicted molar refractivity (Wildman–Crippen MR) is 151 cm³/mol. The molecular weight excluding hydrogens is 551 g/mol. The number of nitrogens with one attached hydrogen (secondary N) is 2. The monoisotopic (exact) mass is 587 g/mol. The first-order valence-electron chi connectivity index (χ1n) is 13.9. The molecule has 226 valence electrons. The first-order chi connectivity index (χ1) is 19.9. The van der Waals surface area contributed by atoms with Gasteiger partial charge in [-0.25, -0.2) is 4.79 Å². The van der Waals surface area contributed by atoms with Crippen molar-refractivity contribution in [3.63, 3.8) is 0 Å². The Morgan fingerprint density at radius 3 is 2.36 bits per heavy atom. The molecule has 2 aliphatic rings. The highest BCUT2D eigenvalue weighted by Crippen LogP contribution is 2.36. The molecule has 0 spiro atoms. The van der Waals surface area contributed by atoms with Gasteiger partial charge in [-0.05, 0) is 42.2 Å². The quantitative estimate of drug-likeness (QED) is 0.330. The van der Waals surface area contributed by atoms with Gasteiger partial charge < -0.3 is 21.5 Å². The Labute approximate surface area is 241 Å². The standard InChI is InChI=1S/C30H36F3N5O4/c1-19-11-12-26(30(31,32)33)38(19)18-25(39)23(15-20-7-3-2-4-8-20)35-28(41)24(16-27(34)40)36-29(42)37-14-13-21-9-5-6-10-22(21)17-37/h2-10,13,17,19,23-26,39H,11-12,14-16,18H2,1H3,(H2,34,40)(H,35,41)(H,36,42)/t19-,23-,24-,25+,26+/m0/s1. The number of hydrogen-bond acceptors (Lipinski definition) is 5. The molecule has 4 amide bonds. The van der Waals surface area contributed by atoms with Crippen LogP contribution in [0.25, 0.3) is 12.3 Å². The number of amides is 4. The van der Waals surface area contributed by atoms with Crippen LogP contribution >= 0.6 is 0 Å². The topological polar surface area (TPSA) is 128 Å². The molecule has 0 aromatic heterocycles. The zero-order chi connectivity index (χ0) is 30.4. The molecule has 0 saturated carbocycles. The number of rotatable bonds is 10. The Morgan fingerprint density at radius 2 is 1.69 bits per heavy atom. The summed E-state index contributed by atoms with van der Waals surface area (Å²) in [6.45, 7) is 1.58. The van der Waals surface area contributed by atoms with Crippen molar-refractivity contribution < 1.29 is 32.7 Å². The molecule has 2 aromatic carbocycles. The number of urea groups is 1. The zero-order valence-electron chi connectivity index (χ0n) is 23.3. The van der Waals surface area contributed by atoms with Crippen molar-refractivity contribution in [3.8, 4) is 0 Å². The molecule has 2 aromatic rings. The van der Waals surface area contributed by atoms with Gasteiger partial charge in [-0.3, -0.25) is 19.4 Å². The van der Waals surface area contributed by atoms with Crippen LogP contribution in [0.3, 0.4) is 0 Å². The van der Waals surface area contributed by atoms with Crippen molar-refractivity contribution in [2.24, 2.45) is 5.73 Å². The van der Waals surface area contributed by atoms with Crippen molar-refractivity contribution in [2.45, 2.75) is 69.1 Å². The van der Waals surface area contributed by atoms with Crippen LogP contribution in [0.4, 0.5) is 18.0 Å². The number of halogens is 3. The maximum Gasteiger partial charge on any atom is 0.404 e. The number of aliphatic hydroxyl groups is 1. The lowest BCUT2D eigenvalue weighted by atomic mass is 9.99. The van der Waals surface area contributed by atoms with E-state index in [4.69, 9.17) is 5.73 Å². The zero-order valence-corrected chi connectivity index (χ0v) is 23.3. The third kappa shape index (κ3) is 7.89. The Morgan fingerprint density at radius 1 is 1.02 bits per heavy atom. The predicted octanol–water partition coefficient (Wildman–Crippen LogP) is 0.978. The number of aliphatic hydroxyl groups excluding tert-OH is 1. The molecule has 1 fully saturated rings. The largest absolute Gasteiger partial charge is 0.404 e. The SMILES string of the molecule is C[C@H]1CC[C@H](C(F)(F)F)N1C[C@@H](O)[C@H](Cc1ccccc1)NC(=O)[C@H](CC(N)=O)NC(=O)N1C=c2ccccc2=CC1. The number of alkyl halides is 3.